The van der Waals surface area contributed by atoms with Crippen molar-refractivity contribution in [1.82, 2.24) is 26.6 Å². The van der Waals surface area contributed by atoms with Gasteiger partial charge in [0, 0.05) is 32.6 Å². The third kappa shape index (κ3) is 24.2. The number of carbonyl (C=O) groups excluding carboxylic acids is 5. The first-order chi connectivity index (χ1) is 22.6. The highest BCUT2D eigenvalue weighted by atomic mass is 16.6. The Balaban J connectivity index is 2.38. The highest BCUT2D eigenvalue weighted by Gasteiger charge is 2.22. The van der Waals surface area contributed by atoms with Gasteiger partial charge in [-0.05, 0) is 79.2 Å². The molecule has 272 valence electrons. The second kappa shape index (κ2) is 23.3. The summed E-state index contributed by atoms with van der Waals surface area (Å²) in [6, 6.07) is 8.27. The van der Waals surface area contributed by atoms with Crippen LogP contribution in [0, 0.1) is 0 Å². The SMILES string of the molecule is CC(C)(C)OC(=O)NCCCCCCNC(=O)CC[C@H](NC(=O)OCc1ccccc1)C(=O)NCCCCCCNC(=O)OC(C)(C)C. The van der Waals surface area contributed by atoms with Crippen LogP contribution in [0.4, 0.5) is 14.4 Å². The maximum Gasteiger partial charge on any atom is 0.408 e. The first kappa shape index (κ1) is 42.0. The third-order valence-corrected chi connectivity index (χ3v) is 6.65. The van der Waals surface area contributed by atoms with E-state index in [1.165, 1.54) is 0 Å². The van der Waals surface area contributed by atoms with Crippen LogP contribution in [0.3, 0.4) is 0 Å². The molecule has 0 saturated carbocycles. The summed E-state index contributed by atoms with van der Waals surface area (Å²) in [6.07, 6.45) is 5.15. The molecule has 0 unspecified atom stereocenters. The smallest absolute Gasteiger partial charge is 0.408 e. The van der Waals surface area contributed by atoms with Crippen LogP contribution in [0.1, 0.15) is 111 Å². The molecule has 1 rings (SSSR count). The molecule has 5 amide bonds. The third-order valence-electron chi connectivity index (χ3n) is 6.65. The van der Waals surface area contributed by atoms with Crippen LogP contribution in [0.15, 0.2) is 30.3 Å². The van der Waals surface area contributed by atoms with Gasteiger partial charge in [-0.3, -0.25) is 9.59 Å². The second-order valence-electron chi connectivity index (χ2n) is 13.6. The minimum atomic E-state index is -0.936. The van der Waals surface area contributed by atoms with E-state index in [0.717, 1.165) is 56.9 Å². The molecule has 0 heterocycles. The molecule has 1 aromatic carbocycles. The van der Waals surface area contributed by atoms with Gasteiger partial charge in [0.1, 0.15) is 23.9 Å². The van der Waals surface area contributed by atoms with Crippen molar-refractivity contribution in [2.24, 2.45) is 0 Å². The number of nitrogens with one attached hydrogen (secondary N) is 5. The average molecular weight is 678 g/mol. The van der Waals surface area contributed by atoms with Gasteiger partial charge in [0.05, 0.1) is 0 Å². The van der Waals surface area contributed by atoms with E-state index in [-0.39, 0.29) is 31.3 Å². The summed E-state index contributed by atoms with van der Waals surface area (Å²) in [7, 11) is 0. The summed E-state index contributed by atoms with van der Waals surface area (Å²) in [5.74, 6) is -0.593. The van der Waals surface area contributed by atoms with Crippen molar-refractivity contribution in [2.75, 3.05) is 26.2 Å². The lowest BCUT2D eigenvalue weighted by atomic mass is 10.1. The van der Waals surface area contributed by atoms with E-state index in [0.29, 0.717) is 26.2 Å². The molecule has 0 bridgehead atoms. The predicted molar refractivity (Wildman–Crippen MR) is 184 cm³/mol. The minimum Gasteiger partial charge on any atom is -0.445 e. The number of carbonyl (C=O) groups is 5. The lowest BCUT2D eigenvalue weighted by Gasteiger charge is -2.19. The highest BCUT2D eigenvalue weighted by molar-refractivity contribution is 5.86. The number of unbranched alkanes of at least 4 members (excludes halogenated alkanes) is 6. The molecule has 1 aromatic rings. The van der Waals surface area contributed by atoms with E-state index >= 15 is 0 Å². The Labute approximate surface area is 286 Å². The summed E-state index contributed by atoms with van der Waals surface area (Å²) < 4.78 is 15.7. The first-order valence-corrected chi connectivity index (χ1v) is 17.1. The van der Waals surface area contributed by atoms with Gasteiger partial charge in [-0.2, -0.15) is 0 Å². The summed E-state index contributed by atoms with van der Waals surface area (Å²) in [6.45, 7) is 12.9. The van der Waals surface area contributed by atoms with Gasteiger partial charge in [-0.15, -0.1) is 0 Å². The predicted octanol–water partition coefficient (Wildman–Crippen LogP) is 5.46. The molecule has 0 fully saturated rings. The second-order valence-corrected chi connectivity index (χ2v) is 13.6. The molecule has 0 aliphatic rings. The first-order valence-electron chi connectivity index (χ1n) is 17.1. The van der Waals surface area contributed by atoms with Gasteiger partial charge in [0.15, 0.2) is 0 Å². The molecule has 1 atom stereocenters. The van der Waals surface area contributed by atoms with Gasteiger partial charge < -0.3 is 40.8 Å². The fraction of sp³-hybridized carbons (Fsp3) is 0.686. The van der Waals surface area contributed by atoms with Gasteiger partial charge in [0.25, 0.3) is 0 Å². The maximum atomic E-state index is 13.0. The fourth-order valence-corrected chi connectivity index (χ4v) is 4.32. The molecule has 5 N–H and O–H groups in total. The lowest BCUT2D eigenvalue weighted by molar-refractivity contribution is -0.124. The number of benzene rings is 1. The van der Waals surface area contributed by atoms with Crippen LogP contribution in [-0.2, 0) is 30.4 Å². The summed E-state index contributed by atoms with van der Waals surface area (Å²) >= 11 is 0. The fourth-order valence-electron chi connectivity index (χ4n) is 4.32. The molecule has 0 aromatic heterocycles. The lowest BCUT2D eigenvalue weighted by Crippen LogP contribution is -2.47. The zero-order valence-corrected chi connectivity index (χ0v) is 29.8. The number of hydrogen-bond acceptors (Lipinski definition) is 8. The van der Waals surface area contributed by atoms with E-state index in [9.17, 15) is 24.0 Å². The van der Waals surface area contributed by atoms with Crippen LogP contribution >= 0.6 is 0 Å². The Hall–Kier alpha value is -4.03. The van der Waals surface area contributed by atoms with Gasteiger partial charge in [-0.1, -0.05) is 56.0 Å². The van der Waals surface area contributed by atoms with E-state index in [2.05, 4.69) is 26.6 Å². The Morgan fingerprint density at radius 1 is 0.604 bits per heavy atom. The topological polar surface area (TPSA) is 173 Å². The molecule has 48 heavy (non-hydrogen) atoms. The quantitative estimate of drug-likeness (QED) is 0.0842. The molecule has 0 radical (unpaired) electrons. The summed E-state index contributed by atoms with van der Waals surface area (Å²) in [5.41, 5.74) is -0.254. The molecule has 0 spiro atoms. The van der Waals surface area contributed by atoms with E-state index in [1.807, 2.05) is 71.9 Å². The zero-order valence-electron chi connectivity index (χ0n) is 29.8. The van der Waals surface area contributed by atoms with E-state index < -0.39 is 35.5 Å². The summed E-state index contributed by atoms with van der Waals surface area (Å²) in [5, 5.41) is 13.8. The molecule has 0 aliphatic heterocycles. The largest absolute Gasteiger partial charge is 0.445 e. The van der Waals surface area contributed by atoms with Crippen molar-refractivity contribution in [3.05, 3.63) is 35.9 Å². The van der Waals surface area contributed by atoms with Crippen molar-refractivity contribution in [1.29, 1.82) is 0 Å². The Morgan fingerprint density at radius 3 is 1.54 bits per heavy atom. The van der Waals surface area contributed by atoms with Crippen LogP contribution in [0.25, 0.3) is 0 Å². The molecular formula is C35H59N5O8. The monoisotopic (exact) mass is 677 g/mol. The van der Waals surface area contributed by atoms with Crippen molar-refractivity contribution >= 4 is 30.1 Å². The molecule has 13 nitrogen and oxygen atoms in total. The standard InChI is InChI=1S/C35H59N5O8/c1-34(2,3)47-31(43)38-24-16-9-7-14-22-36-29(41)21-20-28(40-33(45)46-26-27-18-12-11-13-19-27)30(42)37-23-15-8-10-17-25-39-32(44)48-35(4,5)6/h11-13,18-19,28H,7-10,14-17,20-26H2,1-6H3,(H,36,41)(H,37,42)(H,38,43)(H,39,44)(H,40,45)/t28-/m0/s1. The molecule has 0 aliphatic carbocycles. The van der Waals surface area contributed by atoms with Crippen LogP contribution in [0.5, 0.6) is 0 Å². The molecular weight excluding hydrogens is 618 g/mol. The van der Waals surface area contributed by atoms with Crippen LogP contribution in [-0.4, -0.2) is 73.5 Å². The summed E-state index contributed by atoms with van der Waals surface area (Å²) in [4.78, 5) is 61.4. The van der Waals surface area contributed by atoms with Crippen molar-refractivity contribution < 1.29 is 38.2 Å². The maximum absolute atomic E-state index is 13.0. The zero-order chi connectivity index (χ0) is 35.8. The van der Waals surface area contributed by atoms with E-state index in [1.54, 1.807) is 0 Å². The highest BCUT2D eigenvalue weighted by Crippen LogP contribution is 2.08. The minimum absolute atomic E-state index is 0.0569. The van der Waals surface area contributed by atoms with Crippen LogP contribution < -0.4 is 26.6 Å². The normalized spacial score (nSPS) is 11.9. The van der Waals surface area contributed by atoms with E-state index in [4.69, 9.17) is 14.2 Å². The van der Waals surface area contributed by atoms with Crippen molar-refractivity contribution in [2.45, 2.75) is 130 Å². The van der Waals surface area contributed by atoms with Gasteiger partial charge >= 0.3 is 18.3 Å². The van der Waals surface area contributed by atoms with Crippen LogP contribution in [0.2, 0.25) is 0 Å². The average Bonchev–Trinajstić information content (AvgIpc) is 2.99. The Morgan fingerprint density at radius 2 is 1.06 bits per heavy atom. The Kier molecular flexibility index (Phi) is 20.4. The number of ether oxygens (including phenoxy) is 3. The molecule has 13 heteroatoms. The van der Waals surface area contributed by atoms with Gasteiger partial charge in [0.2, 0.25) is 11.8 Å². The number of alkyl carbamates (subject to hydrolysis) is 3. The number of hydrogen-bond donors (Lipinski definition) is 5. The van der Waals surface area contributed by atoms with Gasteiger partial charge in [-0.25, -0.2) is 14.4 Å². The Bertz CT molecular complexity index is 1100. The van der Waals surface area contributed by atoms with Crippen molar-refractivity contribution in [3.8, 4) is 0 Å². The number of rotatable bonds is 21. The molecule has 0 saturated heterocycles. The van der Waals surface area contributed by atoms with Crippen molar-refractivity contribution in [3.63, 3.8) is 0 Å². The number of amides is 5.